The van der Waals surface area contributed by atoms with Crippen LogP contribution in [0.25, 0.3) is 11.0 Å². The third kappa shape index (κ3) is 3.91. The Morgan fingerprint density at radius 1 is 1.24 bits per heavy atom. The smallest absolute Gasteiger partial charge is 0.293 e. The molecule has 2 fully saturated rings. The number of fused-ring (bicyclic) bond motifs is 1. The van der Waals surface area contributed by atoms with Crippen molar-refractivity contribution in [2.75, 3.05) is 0 Å². The maximum atomic E-state index is 13.4. The molecule has 0 spiro atoms. The predicted molar refractivity (Wildman–Crippen MR) is 101 cm³/mol. The summed E-state index contributed by atoms with van der Waals surface area (Å²) < 4.78 is 49.6. The highest BCUT2D eigenvalue weighted by atomic mass is 32.2. The Balaban J connectivity index is 1.57. The van der Waals surface area contributed by atoms with E-state index in [4.69, 9.17) is 5.14 Å². The van der Waals surface area contributed by atoms with Gasteiger partial charge in [-0.15, -0.1) is 0 Å². The number of nitrogens with zero attached hydrogens (tertiary/aromatic N) is 2. The number of rotatable bonds is 3. The lowest BCUT2D eigenvalue weighted by atomic mass is 9.91. The number of hydrogen-bond donors (Lipinski definition) is 2. The Labute approximate surface area is 168 Å². The molecule has 2 aromatic rings. The third-order valence-electron chi connectivity index (χ3n) is 4.89. The lowest BCUT2D eigenvalue weighted by Gasteiger charge is -2.24. The zero-order valence-corrected chi connectivity index (χ0v) is 16.6. The zero-order valence-electron chi connectivity index (χ0n) is 14.9. The molecule has 1 saturated carbocycles. The minimum Gasteiger partial charge on any atom is -0.340 e. The number of allylic oxidation sites excluding steroid dienone is 1. The molecule has 0 bridgehead atoms. The number of amides is 2. The molecule has 1 aliphatic carbocycles. The fourth-order valence-electron chi connectivity index (χ4n) is 3.34. The summed E-state index contributed by atoms with van der Waals surface area (Å²) in [6.07, 6.45) is -0.486. The van der Waals surface area contributed by atoms with Crippen molar-refractivity contribution < 1.29 is 26.8 Å². The van der Waals surface area contributed by atoms with Crippen LogP contribution in [0.4, 0.5) is 13.6 Å². The number of halogens is 2. The highest BCUT2D eigenvalue weighted by Gasteiger charge is 2.40. The number of H-pyrrole nitrogens is 1. The van der Waals surface area contributed by atoms with Gasteiger partial charge in [-0.05, 0) is 42.8 Å². The minimum atomic E-state index is -3.88. The van der Waals surface area contributed by atoms with Crippen molar-refractivity contribution >= 4 is 44.0 Å². The number of imide groups is 1. The average molecular weight is 442 g/mol. The van der Waals surface area contributed by atoms with Crippen LogP contribution in [0.15, 0.2) is 33.6 Å². The Morgan fingerprint density at radius 3 is 2.59 bits per heavy atom. The molecule has 1 saturated heterocycles. The first-order valence-corrected chi connectivity index (χ1v) is 11.0. The summed E-state index contributed by atoms with van der Waals surface area (Å²) in [5.74, 6) is -2.97. The fraction of sp³-hybridized carbons (Fsp3) is 0.353. The number of aromatic amines is 1. The van der Waals surface area contributed by atoms with Gasteiger partial charge in [0.1, 0.15) is 5.82 Å². The first-order chi connectivity index (χ1) is 13.5. The Morgan fingerprint density at radius 2 is 1.93 bits per heavy atom. The van der Waals surface area contributed by atoms with Crippen LogP contribution in [0.3, 0.4) is 0 Å². The maximum absolute atomic E-state index is 13.4. The molecule has 0 radical (unpaired) electrons. The molecule has 8 nitrogen and oxygen atoms in total. The fourth-order valence-corrected chi connectivity index (χ4v) is 4.86. The van der Waals surface area contributed by atoms with Crippen LogP contribution in [-0.4, -0.2) is 40.4 Å². The summed E-state index contributed by atoms with van der Waals surface area (Å²) in [5, 5.41) is 4.61. The molecular weight excluding hydrogens is 426 g/mol. The number of primary sulfonamides is 1. The van der Waals surface area contributed by atoms with E-state index in [0.29, 0.717) is 16.6 Å². The Hall–Kier alpha value is -2.31. The molecule has 2 amide bonds. The molecule has 0 unspecified atom stereocenters. The van der Waals surface area contributed by atoms with Crippen LogP contribution in [0.5, 0.6) is 0 Å². The van der Waals surface area contributed by atoms with Crippen molar-refractivity contribution in [3.05, 3.63) is 34.5 Å². The highest BCUT2D eigenvalue weighted by molar-refractivity contribution is 8.18. The predicted octanol–water partition coefficient (Wildman–Crippen LogP) is 2.87. The Bertz CT molecular complexity index is 1160. The van der Waals surface area contributed by atoms with Gasteiger partial charge in [0.15, 0.2) is 0 Å². The molecule has 2 aliphatic rings. The van der Waals surface area contributed by atoms with Crippen molar-refractivity contribution in [2.45, 2.75) is 43.0 Å². The van der Waals surface area contributed by atoms with Crippen molar-refractivity contribution in [2.24, 2.45) is 5.14 Å². The first kappa shape index (κ1) is 20.0. The van der Waals surface area contributed by atoms with Crippen LogP contribution in [0.1, 0.15) is 31.5 Å². The Kier molecular flexibility index (Phi) is 4.74. The van der Waals surface area contributed by atoms with E-state index in [1.54, 1.807) is 0 Å². The van der Waals surface area contributed by atoms with Gasteiger partial charge >= 0.3 is 0 Å². The van der Waals surface area contributed by atoms with Gasteiger partial charge in [-0.25, -0.2) is 27.3 Å². The molecule has 2 heterocycles. The van der Waals surface area contributed by atoms with Gasteiger partial charge in [0.25, 0.3) is 11.1 Å². The topological polar surface area (TPSA) is 126 Å². The minimum absolute atomic E-state index is 0.0865. The molecule has 29 heavy (non-hydrogen) atoms. The van der Waals surface area contributed by atoms with Crippen molar-refractivity contribution in [3.8, 4) is 0 Å². The van der Waals surface area contributed by atoms with Gasteiger partial charge in [-0.1, -0.05) is 5.57 Å². The summed E-state index contributed by atoms with van der Waals surface area (Å²) in [4.78, 5) is 33.3. The molecule has 154 valence electrons. The summed E-state index contributed by atoms with van der Waals surface area (Å²) in [6, 6.07) is 4.10. The molecule has 1 aliphatic heterocycles. The van der Waals surface area contributed by atoms with E-state index < -0.39 is 27.1 Å². The van der Waals surface area contributed by atoms with Gasteiger partial charge in [-0.2, -0.15) is 0 Å². The number of alkyl halides is 2. The second kappa shape index (κ2) is 6.89. The number of hydrogen-bond acceptors (Lipinski definition) is 6. The van der Waals surface area contributed by atoms with Gasteiger partial charge in [0, 0.05) is 12.8 Å². The van der Waals surface area contributed by atoms with E-state index in [-0.39, 0.29) is 47.9 Å². The average Bonchev–Trinajstić information content (AvgIpc) is 3.16. The summed E-state index contributed by atoms with van der Waals surface area (Å²) >= 11 is 0.755. The lowest BCUT2D eigenvalue weighted by molar-refractivity contribution is -0.123. The number of nitrogens with two attached hydrogens (primary N) is 1. The summed E-state index contributed by atoms with van der Waals surface area (Å²) in [7, 11) is -3.88. The SMILES string of the molecule is NS(=O)(=O)c1ccc2nc(CN3C(=O)SC(=C4CCC(F)(F)CC4)C3=O)[nH]c2c1. The zero-order chi connectivity index (χ0) is 21.0. The number of carbonyl (C=O) groups is 2. The lowest BCUT2D eigenvalue weighted by Crippen LogP contribution is -2.29. The first-order valence-electron chi connectivity index (χ1n) is 8.68. The van der Waals surface area contributed by atoms with E-state index in [9.17, 15) is 26.8 Å². The van der Waals surface area contributed by atoms with Crippen molar-refractivity contribution in [1.82, 2.24) is 14.9 Å². The number of aromatic nitrogens is 2. The van der Waals surface area contributed by atoms with E-state index in [2.05, 4.69) is 9.97 Å². The third-order valence-corrected chi connectivity index (χ3v) is 6.87. The number of nitrogens with one attached hydrogen (secondary N) is 1. The molecule has 12 heteroatoms. The van der Waals surface area contributed by atoms with E-state index in [1.807, 2.05) is 0 Å². The quantitative estimate of drug-likeness (QED) is 0.704. The number of imidazole rings is 1. The van der Waals surface area contributed by atoms with Crippen LogP contribution in [0.2, 0.25) is 0 Å². The monoisotopic (exact) mass is 442 g/mol. The van der Waals surface area contributed by atoms with Gasteiger partial charge in [-0.3, -0.25) is 14.5 Å². The van der Waals surface area contributed by atoms with Gasteiger partial charge in [0.2, 0.25) is 15.9 Å². The van der Waals surface area contributed by atoms with E-state index in [0.717, 1.165) is 16.7 Å². The summed E-state index contributed by atoms with van der Waals surface area (Å²) in [5.41, 5.74) is 1.43. The molecule has 0 atom stereocenters. The number of sulfonamides is 1. The van der Waals surface area contributed by atoms with Crippen molar-refractivity contribution in [1.29, 1.82) is 0 Å². The number of carbonyl (C=O) groups excluding carboxylic acids is 2. The van der Waals surface area contributed by atoms with E-state index >= 15 is 0 Å². The van der Waals surface area contributed by atoms with Crippen LogP contribution in [0, 0.1) is 0 Å². The van der Waals surface area contributed by atoms with E-state index in [1.165, 1.54) is 18.2 Å². The van der Waals surface area contributed by atoms with Crippen LogP contribution in [-0.2, 0) is 21.4 Å². The molecule has 3 N–H and O–H groups in total. The summed E-state index contributed by atoms with van der Waals surface area (Å²) in [6.45, 7) is -0.142. The number of benzene rings is 1. The van der Waals surface area contributed by atoms with Crippen molar-refractivity contribution in [3.63, 3.8) is 0 Å². The largest absolute Gasteiger partial charge is 0.340 e. The van der Waals surface area contributed by atoms with Crippen LogP contribution < -0.4 is 5.14 Å². The second-order valence-electron chi connectivity index (χ2n) is 6.96. The molecule has 4 rings (SSSR count). The molecular formula is C17H16F2N4O4S2. The number of thioether (sulfide) groups is 1. The second-order valence-corrected chi connectivity index (χ2v) is 9.48. The highest BCUT2D eigenvalue weighted by Crippen LogP contribution is 2.42. The normalized spacial score (nSPS) is 20.2. The molecule has 1 aromatic carbocycles. The maximum Gasteiger partial charge on any atom is 0.293 e. The van der Waals surface area contributed by atoms with Crippen LogP contribution >= 0.6 is 11.8 Å². The van der Waals surface area contributed by atoms with Gasteiger partial charge in [0.05, 0.1) is 27.4 Å². The standard InChI is InChI=1S/C17H16F2N4O4S2/c18-17(19)5-3-9(4-6-17)14-15(24)23(16(25)28-14)8-13-21-11-2-1-10(29(20,26)27)7-12(11)22-13/h1-2,7H,3-6,8H2,(H,21,22)(H2,20,26,27). The van der Waals surface area contributed by atoms with Gasteiger partial charge < -0.3 is 4.98 Å². The molecule has 1 aromatic heterocycles.